The van der Waals surface area contributed by atoms with Crippen LogP contribution in [0.5, 0.6) is 5.75 Å². The molecule has 4 heteroatoms. The van der Waals surface area contributed by atoms with Crippen LogP contribution in [0.1, 0.15) is 12.0 Å². The molecule has 2 aromatic rings. The fraction of sp³-hybridized carbons (Fsp3) is 0.235. The van der Waals surface area contributed by atoms with Crippen LogP contribution in [0.25, 0.3) is 0 Å². The molecule has 0 aliphatic rings. The molecule has 0 radical (unpaired) electrons. The number of thioether (sulfide) groups is 1. The van der Waals surface area contributed by atoms with Gasteiger partial charge in [-0.1, -0.05) is 42.5 Å². The van der Waals surface area contributed by atoms with Gasteiger partial charge in [0.05, 0.1) is 13.5 Å². The van der Waals surface area contributed by atoms with Crippen molar-refractivity contribution in [1.29, 1.82) is 0 Å². The van der Waals surface area contributed by atoms with E-state index in [4.69, 9.17) is 4.74 Å². The van der Waals surface area contributed by atoms with E-state index in [0.717, 1.165) is 16.2 Å². The van der Waals surface area contributed by atoms with Crippen LogP contribution in [0.3, 0.4) is 0 Å². The van der Waals surface area contributed by atoms with Gasteiger partial charge in [0.1, 0.15) is 12.4 Å². The molecule has 2 aromatic carbocycles. The summed E-state index contributed by atoms with van der Waals surface area (Å²) in [6.45, 7) is 0.537. The zero-order valence-electron chi connectivity index (χ0n) is 12.0. The van der Waals surface area contributed by atoms with E-state index in [9.17, 15) is 4.79 Å². The lowest BCUT2D eigenvalue weighted by atomic mass is 10.2. The maximum atomic E-state index is 11.1. The minimum atomic E-state index is -0.190. The predicted molar refractivity (Wildman–Crippen MR) is 84.6 cm³/mol. The highest BCUT2D eigenvalue weighted by Crippen LogP contribution is 2.30. The van der Waals surface area contributed by atoms with E-state index >= 15 is 0 Å². The summed E-state index contributed by atoms with van der Waals surface area (Å²) in [6, 6.07) is 17.9. The van der Waals surface area contributed by atoms with Gasteiger partial charge in [-0.15, -0.1) is 11.8 Å². The van der Waals surface area contributed by atoms with Gasteiger partial charge in [-0.05, 0) is 17.7 Å². The average molecular weight is 302 g/mol. The van der Waals surface area contributed by atoms with Crippen LogP contribution in [0.4, 0.5) is 0 Å². The Morgan fingerprint density at radius 3 is 2.52 bits per heavy atom. The summed E-state index contributed by atoms with van der Waals surface area (Å²) in [5.41, 5.74) is 1.13. The van der Waals surface area contributed by atoms with Gasteiger partial charge < -0.3 is 9.47 Å². The van der Waals surface area contributed by atoms with E-state index in [1.165, 1.54) is 7.11 Å². The molecule has 0 saturated carbocycles. The van der Waals surface area contributed by atoms with Crippen LogP contribution >= 0.6 is 11.8 Å². The van der Waals surface area contributed by atoms with Gasteiger partial charge in [0, 0.05) is 10.6 Å². The van der Waals surface area contributed by atoms with Gasteiger partial charge in [0.2, 0.25) is 0 Å². The summed E-state index contributed by atoms with van der Waals surface area (Å²) in [6.07, 6.45) is 0.397. The standard InChI is InChI=1S/C17H18O3S/c1-19-17(18)11-12-21-16-10-6-5-9-15(16)20-13-14-7-3-2-4-8-14/h2-10H,11-13H2,1H3. The number of carbonyl (C=O) groups excluding carboxylic acids is 1. The minimum Gasteiger partial charge on any atom is -0.488 e. The Labute approximate surface area is 129 Å². The number of hydrogen-bond donors (Lipinski definition) is 0. The molecule has 0 aliphatic carbocycles. The van der Waals surface area contributed by atoms with Crippen molar-refractivity contribution in [2.24, 2.45) is 0 Å². The number of methoxy groups -OCH3 is 1. The van der Waals surface area contributed by atoms with E-state index in [1.54, 1.807) is 11.8 Å². The van der Waals surface area contributed by atoms with Crippen molar-refractivity contribution in [2.75, 3.05) is 12.9 Å². The monoisotopic (exact) mass is 302 g/mol. The molecule has 21 heavy (non-hydrogen) atoms. The van der Waals surface area contributed by atoms with Crippen molar-refractivity contribution in [3.05, 3.63) is 60.2 Å². The summed E-state index contributed by atoms with van der Waals surface area (Å²) >= 11 is 1.60. The molecule has 0 heterocycles. The molecule has 0 atom stereocenters. The Hall–Kier alpha value is -1.94. The molecule has 2 rings (SSSR count). The number of hydrogen-bond acceptors (Lipinski definition) is 4. The van der Waals surface area contributed by atoms with E-state index < -0.39 is 0 Å². The summed E-state index contributed by atoms with van der Waals surface area (Å²) < 4.78 is 10.5. The van der Waals surface area contributed by atoms with E-state index in [0.29, 0.717) is 18.8 Å². The Morgan fingerprint density at radius 1 is 1.05 bits per heavy atom. The lowest BCUT2D eigenvalue weighted by Gasteiger charge is -2.11. The van der Waals surface area contributed by atoms with E-state index in [2.05, 4.69) is 4.74 Å². The zero-order valence-corrected chi connectivity index (χ0v) is 12.8. The lowest BCUT2D eigenvalue weighted by molar-refractivity contribution is -0.140. The maximum absolute atomic E-state index is 11.1. The molecule has 0 unspecified atom stereocenters. The molecular weight excluding hydrogens is 284 g/mol. The van der Waals surface area contributed by atoms with Gasteiger partial charge >= 0.3 is 5.97 Å². The van der Waals surface area contributed by atoms with Gasteiger partial charge in [-0.2, -0.15) is 0 Å². The van der Waals surface area contributed by atoms with Crippen molar-refractivity contribution in [1.82, 2.24) is 0 Å². The third kappa shape index (κ3) is 5.16. The first-order chi connectivity index (χ1) is 10.3. The number of ether oxygens (including phenoxy) is 2. The molecule has 0 spiro atoms. The SMILES string of the molecule is COC(=O)CCSc1ccccc1OCc1ccccc1. The minimum absolute atomic E-state index is 0.190. The maximum Gasteiger partial charge on any atom is 0.306 e. The Morgan fingerprint density at radius 2 is 1.76 bits per heavy atom. The normalized spacial score (nSPS) is 10.1. The van der Waals surface area contributed by atoms with Crippen LogP contribution in [-0.2, 0) is 16.1 Å². The first kappa shape index (κ1) is 15.4. The highest BCUT2D eigenvalue weighted by atomic mass is 32.2. The second kappa shape index (κ2) is 8.37. The number of carbonyl (C=O) groups is 1. The highest BCUT2D eigenvalue weighted by molar-refractivity contribution is 7.99. The molecule has 0 amide bonds. The lowest BCUT2D eigenvalue weighted by Crippen LogP contribution is -2.01. The van der Waals surface area contributed by atoms with Crippen molar-refractivity contribution in [3.8, 4) is 5.75 Å². The highest BCUT2D eigenvalue weighted by Gasteiger charge is 2.06. The van der Waals surface area contributed by atoms with Crippen LogP contribution in [0.2, 0.25) is 0 Å². The molecule has 0 aliphatic heterocycles. The van der Waals surface area contributed by atoms with Crippen LogP contribution in [0.15, 0.2) is 59.5 Å². The van der Waals surface area contributed by atoms with Crippen molar-refractivity contribution < 1.29 is 14.3 Å². The second-order valence-electron chi connectivity index (χ2n) is 4.40. The third-order valence-electron chi connectivity index (χ3n) is 2.88. The third-order valence-corrected chi connectivity index (χ3v) is 3.93. The zero-order chi connectivity index (χ0) is 14.9. The van der Waals surface area contributed by atoms with Crippen LogP contribution in [-0.4, -0.2) is 18.8 Å². The van der Waals surface area contributed by atoms with Crippen molar-refractivity contribution >= 4 is 17.7 Å². The summed E-state index contributed by atoms with van der Waals surface area (Å²) in [5, 5.41) is 0. The fourth-order valence-corrected chi connectivity index (χ4v) is 2.70. The number of esters is 1. The van der Waals surface area contributed by atoms with E-state index in [-0.39, 0.29) is 5.97 Å². The molecule has 0 fully saturated rings. The first-order valence-corrected chi connectivity index (χ1v) is 7.73. The topological polar surface area (TPSA) is 35.5 Å². The fourth-order valence-electron chi connectivity index (χ4n) is 1.77. The van der Waals surface area contributed by atoms with Crippen LogP contribution < -0.4 is 4.74 Å². The number of para-hydroxylation sites is 1. The van der Waals surface area contributed by atoms with Crippen molar-refractivity contribution in [2.45, 2.75) is 17.9 Å². The molecule has 0 N–H and O–H groups in total. The molecule has 0 bridgehead atoms. The quantitative estimate of drug-likeness (QED) is 0.573. The molecule has 3 nitrogen and oxygen atoms in total. The Balaban J connectivity index is 1.92. The van der Waals surface area contributed by atoms with Gasteiger partial charge in [-0.25, -0.2) is 0 Å². The van der Waals surface area contributed by atoms with Crippen molar-refractivity contribution in [3.63, 3.8) is 0 Å². The molecule has 0 aromatic heterocycles. The van der Waals surface area contributed by atoms with Gasteiger partial charge in [0.15, 0.2) is 0 Å². The summed E-state index contributed by atoms with van der Waals surface area (Å²) in [5.74, 6) is 1.33. The van der Waals surface area contributed by atoms with Gasteiger partial charge in [0.25, 0.3) is 0 Å². The van der Waals surface area contributed by atoms with E-state index in [1.807, 2.05) is 54.6 Å². The number of benzene rings is 2. The molecular formula is C17H18O3S. The Bertz CT molecular complexity index is 569. The van der Waals surface area contributed by atoms with Gasteiger partial charge in [-0.3, -0.25) is 4.79 Å². The average Bonchev–Trinajstić information content (AvgIpc) is 2.54. The second-order valence-corrected chi connectivity index (χ2v) is 5.53. The van der Waals surface area contributed by atoms with Crippen LogP contribution in [0, 0.1) is 0 Å². The summed E-state index contributed by atoms with van der Waals surface area (Å²) in [4.78, 5) is 12.2. The summed E-state index contributed by atoms with van der Waals surface area (Å²) in [7, 11) is 1.41. The number of rotatable bonds is 7. The molecule has 0 saturated heterocycles. The predicted octanol–water partition coefficient (Wildman–Crippen LogP) is 3.92. The Kier molecular flexibility index (Phi) is 6.16. The largest absolute Gasteiger partial charge is 0.488 e. The smallest absolute Gasteiger partial charge is 0.306 e. The molecule has 110 valence electrons. The first-order valence-electron chi connectivity index (χ1n) is 6.75.